The van der Waals surface area contributed by atoms with Crippen LogP contribution >= 0.6 is 0 Å². The first kappa shape index (κ1) is 16.4. The van der Waals surface area contributed by atoms with Gasteiger partial charge in [0.15, 0.2) is 0 Å². The highest BCUT2D eigenvalue weighted by molar-refractivity contribution is 5.73. The van der Waals surface area contributed by atoms with E-state index in [1.165, 1.54) is 0 Å². The Kier molecular flexibility index (Phi) is 5.44. The Morgan fingerprint density at radius 1 is 1.23 bits per heavy atom. The molecule has 5 heteroatoms. The van der Waals surface area contributed by atoms with Gasteiger partial charge in [0.05, 0.1) is 17.1 Å². The number of nitrogens with zero attached hydrogens (tertiary/aromatic N) is 3. The molecule has 0 bridgehead atoms. The highest BCUT2D eigenvalue weighted by Crippen LogP contribution is 2.28. The smallest absolute Gasteiger partial charge is 0.135 e. The van der Waals surface area contributed by atoms with Gasteiger partial charge in [0, 0.05) is 31.1 Å². The van der Waals surface area contributed by atoms with Crippen LogP contribution in [0.2, 0.25) is 0 Å². The predicted octanol–water partition coefficient (Wildman–Crippen LogP) is 2.94. The number of aromatic nitrogens is 3. The number of rotatable bonds is 6. The van der Waals surface area contributed by atoms with E-state index in [2.05, 4.69) is 40.2 Å². The number of aryl methyl sites for hydroxylation is 2. The van der Waals surface area contributed by atoms with Crippen molar-refractivity contribution in [1.82, 2.24) is 15.0 Å². The van der Waals surface area contributed by atoms with Crippen molar-refractivity contribution in [1.29, 1.82) is 0 Å². The van der Waals surface area contributed by atoms with Crippen LogP contribution in [0.1, 0.15) is 43.3 Å². The molecular weight excluding hydrogens is 276 g/mol. The van der Waals surface area contributed by atoms with Crippen LogP contribution in [0.5, 0.6) is 0 Å². The van der Waals surface area contributed by atoms with Crippen LogP contribution in [-0.2, 0) is 6.42 Å². The Hall–Kier alpha value is -2.01. The second-order valence-electron chi connectivity index (χ2n) is 5.66. The molecule has 0 amide bonds. The molecule has 0 atom stereocenters. The van der Waals surface area contributed by atoms with Crippen molar-refractivity contribution in [3.8, 4) is 11.3 Å². The fourth-order valence-electron chi connectivity index (χ4n) is 2.35. The highest BCUT2D eigenvalue weighted by Gasteiger charge is 2.13. The van der Waals surface area contributed by atoms with Gasteiger partial charge in [-0.15, -0.1) is 0 Å². The molecule has 2 rings (SSSR count). The summed E-state index contributed by atoms with van der Waals surface area (Å²) in [4.78, 5) is 13.8. The molecule has 22 heavy (non-hydrogen) atoms. The summed E-state index contributed by atoms with van der Waals surface area (Å²) < 4.78 is 0. The van der Waals surface area contributed by atoms with Gasteiger partial charge in [0.1, 0.15) is 5.82 Å². The standard InChI is InChI=1S/C17H24N4O/c1-11(2)15-8-7-14(17(18-4)21-15)16-12(3)20-13(10-19-16)6-5-9-22/h7-8,10-11,22H,5-6,9H2,1-4H3,(H,18,21). The molecule has 0 aliphatic carbocycles. The Morgan fingerprint density at radius 2 is 2.00 bits per heavy atom. The first-order valence-electron chi connectivity index (χ1n) is 7.69. The van der Waals surface area contributed by atoms with E-state index in [-0.39, 0.29) is 6.61 Å². The van der Waals surface area contributed by atoms with E-state index in [1.54, 1.807) is 6.20 Å². The van der Waals surface area contributed by atoms with Gasteiger partial charge >= 0.3 is 0 Å². The number of anilines is 1. The van der Waals surface area contributed by atoms with Crippen molar-refractivity contribution >= 4 is 5.82 Å². The molecule has 0 aliphatic rings. The van der Waals surface area contributed by atoms with E-state index < -0.39 is 0 Å². The molecule has 2 aromatic rings. The maximum absolute atomic E-state index is 8.90. The van der Waals surface area contributed by atoms with Crippen molar-refractivity contribution in [3.05, 3.63) is 35.4 Å². The Morgan fingerprint density at radius 3 is 2.59 bits per heavy atom. The molecule has 2 N–H and O–H groups in total. The molecule has 0 aliphatic heterocycles. The summed E-state index contributed by atoms with van der Waals surface area (Å²) in [6.45, 7) is 6.39. The van der Waals surface area contributed by atoms with Crippen LogP contribution < -0.4 is 5.32 Å². The van der Waals surface area contributed by atoms with Gasteiger partial charge in [-0.3, -0.25) is 9.97 Å². The van der Waals surface area contributed by atoms with Crippen LogP contribution in [0.4, 0.5) is 5.82 Å². The second-order valence-corrected chi connectivity index (χ2v) is 5.66. The van der Waals surface area contributed by atoms with Gasteiger partial charge in [-0.25, -0.2) is 4.98 Å². The maximum Gasteiger partial charge on any atom is 0.135 e. The fraction of sp³-hybridized carbons (Fsp3) is 0.471. The van der Waals surface area contributed by atoms with E-state index in [0.29, 0.717) is 12.3 Å². The lowest BCUT2D eigenvalue weighted by Gasteiger charge is -2.13. The van der Waals surface area contributed by atoms with Crippen LogP contribution in [-0.4, -0.2) is 33.7 Å². The summed E-state index contributed by atoms with van der Waals surface area (Å²) >= 11 is 0. The zero-order chi connectivity index (χ0) is 16.1. The number of hydrogen-bond acceptors (Lipinski definition) is 5. The second kappa shape index (κ2) is 7.31. The number of pyridine rings is 1. The quantitative estimate of drug-likeness (QED) is 0.858. The summed E-state index contributed by atoms with van der Waals surface area (Å²) in [5, 5.41) is 12.1. The summed E-state index contributed by atoms with van der Waals surface area (Å²) in [6.07, 6.45) is 3.24. The lowest BCUT2D eigenvalue weighted by Crippen LogP contribution is -2.04. The van der Waals surface area contributed by atoms with Crippen LogP contribution in [0.25, 0.3) is 11.3 Å². The highest BCUT2D eigenvalue weighted by atomic mass is 16.2. The molecule has 2 heterocycles. The zero-order valence-corrected chi connectivity index (χ0v) is 13.7. The van der Waals surface area contributed by atoms with E-state index in [0.717, 1.165) is 40.6 Å². The van der Waals surface area contributed by atoms with Crippen molar-refractivity contribution < 1.29 is 5.11 Å². The number of aliphatic hydroxyl groups excluding tert-OH is 1. The average Bonchev–Trinajstić information content (AvgIpc) is 2.52. The van der Waals surface area contributed by atoms with Gasteiger partial charge in [-0.1, -0.05) is 13.8 Å². The Labute approximate surface area is 131 Å². The minimum Gasteiger partial charge on any atom is -0.396 e. The van der Waals surface area contributed by atoms with E-state index in [1.807, 2.05) is 20.0 Å². The largest absolute Gasteiger partial charge is 0.396 e. The molecule has 2 aromatic heterocycles. The average molecular weight is 300 g/mol. The van der Waals surface area contributed by atoms with Crippen LogP contribution in [0.15, 0.2) is 18.3 Å². The normalized spacial score (nSPS) is 11.0. The first-order chi connectivity index (χ1) is 10.6. The van der Waals surface area contributed by atoms with E-state index in [9.17, 15) is 0 Å². The minimum atomic E-state index is 0.174. The lowest BCUT2D eigenvalue weighted by molar-refractivity contribution is 0.288. The van der Waals surface area contributed by atoms with Gasteiger partial charge in [-0.05, 0) is 37.8 Å². The van der Waals surface area contributed by atoms with Gasteiger partial charge in [0.25, 0.3) is 0 Å². The molecule has 0 unspecified atom stereocenters. The van der Waals surface area contributed by atoms with Crippen molar-refractivity contribution in [3.63, 3.8) is 0 Å². The summed E-state index contributed by atoms with van der Waals surface area (Å²) in [7, 11) is 1.87. The van der Waals surface area contributed by atoms with Crippen molar-refractivity contribution in [2.24, 2.45) is 0 Å². The Bertz CT molecular complexity index is 641. The maximum atomic E-state index is 8.90. The number of aliphatic hydroxyl groups is 1. The fourth-order valence-corrected chi connectivity index (χ4v) is 2.35. The zero-order valence-electron chi connectivity index (χ0n) is 13.7. The molecule has 0 spiro atoms. The topological polar surface area (TPSA) is 70.9 Å². The molecule has 5 nitrogen and oxygen atoms in total. The minimum absolute atomic E-state index is 0.174. The molecule has 0 aromatic carbocycles. The number of hydrogen-bond donors (Lipinski definition) is 2. The molecule has 118 valence electrons. The van der Waals surface area contributed by atoms with E-state index >= 15 is 0 Å². The van der Waals surface area contributed by atoms with Crippen LogP contribution in [0.3, 0.4) is 0 Å². The molecule has 0 saturated carbocycles. The summed E-state index contributed by atoms with van der Waals surface area (Å²) in [5.74, 6) is 1.21. The van der Waals surface area contributed by atoms with Crippen molar-refractivity contribution in [2.75, 3.05) is 19.0 Å². The van der Waals surface area contributed by atoms with Crippen LogP contribution in [0, 0.1) is 6.92 Å². The third kappa shape index (κ3) is 3.60. The molecule has 0 radical (unpaired) electrons. The van der Waals surface area contributed by atoms with Gasteiger partial charge in [0.2, 0.25) is 0 Å². The molecular formula is C17H24N4O. The molecule has 0 fully saturated rings. The first-order valence-corrected chi connectivity index (χ1v) is 7.69. The van der Waals surface area contributed by atoms with Gasteiger partial charge < -0.3 is 10.4 Å². The molecule has 0 saturated heterocycles. The lowest BCUT2D eigenvalue weighted by atomic mass is 10.1. The summed E-state index contributed by atoms with van der Waals surface area (Å²) in [6, 6.07) is 4.10. The SMILES string of the molecule is CNc1nc(C(C)C)ccc1-c1ncc(CCCO)nc1C. The predicted molar refractivity (Wildman–Crippen MR) is 89.0 cm³/mol. The third-order valence-corrected chi connectivity index (χ3v) is 3.59. The van der Waals surface area contributed by atoms with Gasteiger partial charge in [-0.2, -0.15) is 0 Å². The van der Waals surface area contributed by atoms with Crippen molar-refractivity contribution in [2.45, 2.75) is 39.5 Å². The Balaban J connectivity index is 2.39. The van der Waals surface area contributed by atoms with E-state index in [4.69, 9.17) is 5.11 Å². The number of nitrogens with one attached hydrogen (secondary N) is 1. The monoisotopic (exact) mass is 300 g/mol. The summed E-state index contributed by atoms with van der Waals surface area (Å²) in [5.41, 5.74) is 4.66. The third-order valence-electron chi connectivity index (χ3n) is 3.59.